The van der Waals surface area contributed by atoms with Crippen LogP contribution in [-0.4, -0.2) is 48.0 Å². The summed E-state index contributed by atoms with van der Waals surface area (Å²) in [6.07, 6.45) is 4.06. The highest BCUT2D eigenvalue weighted by Gasteiger charge is 2.38. The first-order valence-electron chi connectivity index (χ1n) is 11.7. The van der Waals surface area contributed by atoms with Crippen LogP contribution in [0, 0.1) is 0 Å². The van der Waals surface area contributed by atoms with Gasteiger partial charge < -0.3 is 14.5 Å². The van der Waals surface area contributed by atoms with Crippen molar-refractivity contribution in [2.45, 2.75) is 31.6 Å². The molecule has 1 atom stereocenters. The molecular weight excluding hydrogens is 432 g/mol. The van der Waals surface area contributed by atoms with E-state index >= 15 is 0 Å². The van der Waals surface area contributed by atoms with Crippen LogP contribution in [0.5, 0.6) is 5.75 Å². The Morgan fingerprint density at radius 1 is 1.00 bits per heavy atom. The summed E-state index contributed by atoms with van der Waals surface area (Å²) in [5.74, 6) is 0.567. The highest BCUT2D eigenvalue weighted by atomic mass is 16.5. The van der Waals surface area contributed by atoms with Crippen LogP contribution in [-0.2, 0) is 11.2 Å². The number of fused-ring (bicyclic) bond motifs is 2. The number of aromatic amines is 1. The Morgan fingerprint density at radius 2 is 1.79 bits per heavy atom. The topological polar surface area (TPSA) is 95.6 Å². The van der Waals surface area contributed by atoms with Gasteiger partial charge in [0.05, 0.1) is 6.61 Å². The summed E-state index contributed by atoms with van der Waals surface area (Å²) < 4.78 is 5.65. The molecule has 2 amide bonds. The first-order valence-corrected chi connectivity index (χ1v) is 11.7. The fourth-order valence-electron chi connectivity index (χ4n) is 5.26. The van der Waals surface area contributed by atoms with Crippen LogP contribution >= 0.6 is 0 Å². The Hall–Kier alpha value is -3.94. The highest BCUT2D eigenvalue weighted by Crippen LogP contribution is 2.39. The van der Waals surface area contributed by atoms with E-state index in [0.717, 1.165) is 60.3 Å². The summed E-state index contributed by atoms with van der Waals surface area (Å²) in [5, 5.41) is 6.95. The first kappa shape index (κ1) is 20.7. The van der Waals surface area contributed by atoms with Crippen molar-refractivity contribution in [1.82, 2.24) is 10.2 Å². The van der Waals surface area contributed by atoms with Crippen LogP contribution in [0.4, 0.5) is 11.4 Å². The Kier molecular flexibility index (Phi) is 4.94. The number of hydrogen-bond acceptors (Lipinski definition) is 5. The molecular formula is C26H24N4O4. The zero-order valence-electron chi connectivity index (χ0n) is 18.6. The van der Waals surface area contributed by atoms with E-state index in [2.05, 4.69) is 16.3 Å². The van der Waals surface area contributed by atoms with Gasteiger partial charge in [-0.2, -0.15) is 5.10 Å². The van der Waals surface area contributed by atoms with Gasteiger partial charge in [0, 0.05) is 48.8 Å². The number of aromatic nitrogens is 2. The van der Waals surface area contributed by atoms with E-state index in [-0.39, 0.29) is 23.4 Å². The second kappa shape index (κ2) is 8.13. The molecule has 0 saturated carbocycles. The smallest absolute Gasteiger partial charge is 0.279 e. The molecule has 3 aliphatic rings. The number of H-pyrrole nitrogens is 1. The molecule has 0 radical (unpaired) electrons. The average molecular weight is 457 g/mol. The molecule has 1 fully saturated rings. The van der Waals surface area contributed by atoms with Gasteiger partial charge in [0.25, 0.3) is 5.91 Å². The van der Waals surface area contributed by atoms with Gasteiger partial charge in [-0.15, -0.1) is 0 Å². The van der Waals surface area contributed by atoms with Crippen molar-refractivity contribution >= 4 is 29.5 Å². The molecule has 8 nitrogen and oxygen atoms in total. The predicted molar refractivity (Wildman–Crippen MR) is 126 cm³/mol. The summed E-state index contributed by atoms with van der Waals surface area (Å²) in [6.45, 7) is 1.76. The molecule has 1 saturated heterocycles. The summed E-state index contributed by atoms with van der Waals surface area (Å²) in [6, 6.07) is 13.6. The van der Waals surface area contributed by atoms with Gasteiger partial charge in [0.2, 0.25) is 5.91 Å². The fraction of sp³-hybridized carbons (Fsp3) is 0.308. The lowest BCUT2D eigenvalue weighted by Gasteiger charge is -2.33. The number of carbonyl (C=O) groups excluding carboxylic acids is 3. The molecule has 0 spiro atoms. The van der Waals surface area contributed by atoms with E-state index in [9.17, 15) is 14.4 Å². The monoisotopic (exact) mass is 456 g/mol. The Balaban J connectivity index is 1.37. The maximum absolute atomic E-state index is 13.4. The average Bonchev–Trinajstić information content (AvgIpc) is 3.52. The number of nitrogens with one attached hydrogen (secondary N) is 1. The van der Waals surface area contributed by atoms with Crippen molar-refractivity contribution < 1.29 is 19.1 Å². The van der Waals surface area contributed by atoms with Crippen LogP contribution < -0.4 is 14.5 Å². The molecule has 6 rings (SSSR count). The third kappa shape index (κ3) is 3.29. The van der Waals surface area contributed by atoms with Crippen LogP contribution in [0.1, 0.15) is 62.8 Å². The van der Waals surface area contributed by atoms with Gasteiger partial charge in [-0.05, 0) is 54.3 Å². The van der Waals surface area contributed by atoms with Crippen molar-refractivity contribution in [2.75, 3.05) is 29.5 Å². The number of carbonyl (C=O) groups is 3. The number of rotatable bonds is 4. The van der Waals surface area contributed by atoms with E-state index in [0.29, 0.717) is 30.8 Å². The Labute approximate surface area is 196 Å². The molecule has 34 heavy (non-hydrogen) atoms. The number of piperidine rings is 1. The lowest BCUT2D eigenvalue weighted by atomic mass is 9.85. The second-order valence-electron chi connectivity index (χ2n) is 8.97. The van der Waals surface area contributed by atoms with E-state index in [4.69, 9.17) is 4.74 Å². The minimum atomic E-state index is -0.248. The summed E-state index contributed by atoms with van der Waals surface area (Å²) in [4.78, 5) is 40.9. The van der Waals surface area contributed by atoms with Crippen molar-refractivity contribution in [3.63, 3.8) is 0 Å². The highest BCUT2D eigenvalue weighted by molar-refractivity contribution is 6.08. The SMILES string of the molecule is O=Cc1[nH]nc2c1C(c1ccc3c(c1)CCO3)CN(c1ccc(N3CCCCC3=O)cc1)C2=O. The molecule has 0 bridgehead atoms. The molecule has 2 aromatic carbocycles. The maximum Gasteiger partial charge on any atom is 0.279 e. The Bertz CT molecular complexity index is 1300. The van der Waals surface area contributed by atoms with Gasteiger partial charge in [-0.25, -0.2) is 0 Å². The molecule has 3 aromatic rings. The van der Waals surface area contributed by atoms with Gasteiger partial charge in [0.1, 0.15) is 11.4 Å². The normalized spacial score (nSPS) is 19.6. The van der Waals surface area contributed by atoms with E-state index in [1.807, 2.05) is 41.3 Å². The standard InChI is InChI=1S/C26H24N4O4/c31-15-21-24-20(16-4-9-22-17(13-16)10-12-34-22)14-30(26(33)25(24)28-27-21)19-7-5-18(6-8-19)29-11-2-1-3-23(29)32/h4-9,13,15,20H,1-3,10-12,14H2,(H,27,28). The van der Waals surface area contributed by atoms with Crippen LogP contribution in [0.2, 0.25) is 0 Å². The van der Waals surface area contributed by atoms with E-state index < -0.39 is 0 Å². The van der Waals surface area contributed by atoms with Crippen molar-refractivity contribution in [3.05, 3.63) is 70.5 Å². The number of hydrogen-bond donors (Lipinski definition) is 1. The number of anilines is 2. The molecule has 1 N–H and O–H groups in total. The summed E-state index contributed by atoms with van der Waals surface area (Å²) in [5.41, 5.74) is 4.97. The molecule has 3 aliphatic heterocycles. The zero-order chi connectivity index (χ0) is 23.2. The first-order chi connectivity index (χ1) is 16.6. The largest absolute Gasteiger partial charge is 0.493 e. The summed E-state index contributed by atoms with van der Waals surface area (Å²) >= 11 is 0. The number of aldehydes is 1. The molecule has 172 valence electrons. The van der Waals surface area contributed by atoms with Gasteiger partial charge in [-0.3, -0.25) is 19.5 Å². The van der Waals surface area contributed by atoms with Crippen LogP contribution in [0.25, 0.3) is 0 Å². The van der Waals surface area contributed by atoms with Crippen molar-refractivity contribution in [3.8, 4) is 5.75 Å². The predicted octanol–water partition coefficient (Wildman–Crippen LogP) is 3.47. The number of amides is 2. The molecule has 0 aliphatic carbocycles. The van der Waals surface area contributed by atoms with Gasteiger partial charge >= 0.3 is 0 Å². The third-order valence-corrected chi connectivity index (χ3v) is 7.02. The van der Waals surface area contributed by atoms with E-state index in [1.165, 1.54) is 0 Å². The fourth-order valence-corrected chi connectivity index (χ4v) is 5.26. The van der Waals surface area contributed by atoms with Crippen molar-refractivity contribution in [2.24, 2.45) is 0 Å². The van der Waals surface area contributed by atoms with Crippen molar-refractivity contribution in [1.29, 1.82) is 0 Å². The number of nitrogens with zero attached hydrogens (tertiary/aromatic N) is 3. The zero-order valence-corrected chi connectivity index (χ0v) is 18.6. The number of benzene rings is 2. The molecule has 1 unspecified atom stereocenters. The quantitative estimate of drug-likeness (QED) is 0.607. The third-order valence-electron chi connectivity index (χ3n) is 7.02. The number of ether oxygens (including phenoxy) is 1. The lowest BCUT2D eigenvalue weighted by molar-refractivity contribution is -0.119. The molecule has 4 heterocycles. The molecule has 8 heteroatoms. The maximum atomic E-state index is 13.4. The Morgan fingerprint density at radius 3 is 2.56 bits per heavy atom. The lowest BCUT2D eigenvalue weighted by Crippen LogP contribution is -2.40. The van der Waals surface area contributed by atoms with Gasteiger partial charge in [0.15, 0.2) is 12.0 Å². The van der Waals surface area contributed by atoms with Crippen LogP contribution in [0.3, 0.4) is 0 Å². The minimum Gasteiger partial charge on any atom is -0.493 e. The second-order valence-corrected chi connectivity index (χ2v) is 8.97. The van der Waals surface area contributed by atoms with Gasteiger partial charge in [-0.1, -0.05) is 12.1 Å². The minimum absolute atomic E-state index is 0.135. The summed E-state index contributed by atoms with van der Waals surface area (Å²) in [7, 11) is 0. The molecule has 1 aromatic heterocycles. The van der Waals surface area contributed by atoms with E-state index in [1.54, 1.807) is 4.90 Å². The van der Waals surface area contributed by atoms with Crippen LogP contribution in [0.15, 0.2) is 42.5 Å².